The Balaban J connectivity index is 2.01. The zero-order chi connectivity index (χ0) is 13.2. The molecular formula is C13H18N2O3. The van der Waals surface area contributed by atoms with Crippen molar-refractivity contribution in [3.8, 4) is 0 Å². The van der Waals surface area contributed by atoms with Crippen LogP contribution in [0.2, 0.25) is 0 Å². The first-order valence-electron chi connectivity index (χ1n) is 5.96. The molecule has 1 amide bonds. The molecule has 5 nitrogen and oxygen atoms in total. The molecule has 0 radical (unpaired) electrons. The summed E-state index contributed by atoms with van der Waals surface area (Å²) in [6.07, 6.45) is 0.620. The largest absolute Gasteiger partial charge is 0.394 e. The van der Waals surface area contributed by atoms with Crippen LogP contribution >= 0.6 is 0 Å². The minimum Gasteiger partial charge on any atom is -0.394 e. The van der Waals surface area contributed by atoms with Crippen molar-refractivity contribution in [2.75, 3.05) is 18.5 Å². The lowest BCUT2D eigenvalue weighted by Crippen LogP contribution is -2.55. The maximum absolute atomic E-state index is 12.1. The molecule has 0 saturated heterocycles. The molecule has 1 aromatic rings. The van der Waals surface area contributed by atoms with Gasteiger partial charge in [-0.25, -0.2) is 0 Å². The van der Waals surface area contributed by atoms with Gasteiger partial charge in [0, 0.05) is 12.1 Å². The Hall–Kier alpha value is -1.59. The number of benzene rings is 1. The molecule has 1 aliphatic heterocycles. The van der Waals surface area contributed by atoms with E-state index in [-0.39, 0.29) is 25.2 Å². The lowest BCUT2D eigenvalue weighted by molar-refractivity contribution is -0.124. The van der Waals surface area contributed by atoms with Crippen LogP contribution in [0.25, 0.3) is 0 Å². The Labute approximate surface area is 106 Å². The first-order valence-corrected chi connectivity index (χ1v) is 5.96. The number of fused-ring (bicyclic) bond motifs is 1. The molecule has 0 aromatic heterocycles. The number of carbonyl (C=O) groups excluding carboxylic acids is 1. The molecule has 0 bridgehead atoms. The van der Waals surface area contributed by atoms with E-state index in [1.165, 1.54) is 0 Å². The van der Waals surface area contributed by atoms with Crippen LogP contribution in [0.3, 0.4) is 0 Å². The topological polar surface area (TPSA) is 81.6 Å². The highest BCUT2D eigenvalue weighted by Crippen LogP contribution is 2.25. The lowest BCUT2D eigenvalue weighted by Gasteiger charge is -2.27. The van der Waals surface area contributed by atoms with Crippen LogP contribution in [0.1, 0.15) is 12.5 Å². The van der Waals surface area contributed by atoms with Gasteiger partial charge in [-0.1, -0.05) is 18.2 Å². The SMILES string of the molecule is CC(CO)(CO)NC(=O)[C@@H]1Cc2ccccc2N1. The van der Waals surface area contributed by atoms with Crippen LogP contribution < -0.4 is 10.6 Å². The maximum atomic E-state index is 12.1. The van der Waals surface area contributed by atoms with Crippen LogP contribution in [-0.4, -0.2) is 40.9 Å². The summed E-state index contributed by atoms with van der Waals surface area (Å²) in [6.45, 7) is 1.01. The Kier molecular flexibility index (Phi) is 3.54. The lowest BCUT2D eigenvalue weighted by atomic mass is 10.0. The molecule has 5 heteroatoms. The van der Waals surface area contributed by atoms with Crippen LogP contribution in [0.4, 0.5) is 5.69 Å². The number of aliphatic hydroxyl groups excluding tert-OH is 2. The predicted molar refractivity (Wildman–Crippen MR) is 68.3 cm³/mol. The van der Waals surface area contributed by atoms with Gasteiger partial charge in [-0.15, -0.1) is 0 Å². The third-order valence-electron chi connectivity index (χ3n) is 3.21. The predicted octanol–water partition coefficient (Wildman–Crippen LogP) is -0.117. The minimum absolute atomic E-state index is 0.211. The summed E-state index contributed by atoms with van der Waals surface area (Å²) in [5.74, 6) is -0.211. The number of aliphatic hydroxyl groups is 2. The van der Waals surface area contributed by atoms with E-state index in [0.29, 0.717) is 6.42 Å². The van der Waals surface area contributed by atoms with Gasteiger partial charge in [-0.05, 0) is 18.6 Å². The quantitative estimate of drug-likeness (QED) is 0.600. The summed E-state index contributed by atoms with van der Waals surface area (Å²) >= 11 is 0. The number of amides is 1. The van der Waals surface area contributed by atoms with Gasteiger partial charge < -0.3 is 20.8 Å². The van der Waals surface area contributed by atoms with Crippen LogP contribution in [0, 0.1) is 0 Å². The highest BCUT2D eigenvalue weighted by atomic mass is 16.3. The summed E-state index contributed by atoms with van der Waals surface area (Å²) < 4.78 is 0. The molecule has 0 unspecified atom stereocenters. The van der Waals surface area contributed by atoms with E-state index in [1.807, 2.05) is 24.3 Å². The van der Waals surface area contributed by atoms with E-state index >= 15 is 0 Å². The van der Waals surface area contributed by atoms with Crippen molar-refractivity contribution in [3.05, 3.63) is 29.8 Å². The van der Waals surface area contributed by atoms with Gasteiger partial charge >= 0.3 is 0 Å². The Morgan fingerprint density at radius 3 is 2.72 bits per heavy atom. The molecule has 1 aromatic carbocycles. The number of nitrogens with one attached hydrogen (secondary N) is 2. The molecule has 0 fully saturated rings. The molecule has 18 heavy (non-hydrogen) atoms. The molecule has 0 aliphatic carbocycles. The van der Waals surface area contributed by atoms with Gasteiger partial charge in [0.15, 0.2) is 0 Å². The van der Waals surface area contributed by atoms with Crippen LogP contribution in [-0.2, 0) is 11.2 Å². The fourth-order valence-electron chi connectivity index (χ4n) is 1.97. The van der Waals surface area contributed by atoms with Gasteiger partial charge in [0.1, 0.15) is 6.04 Å². The molecule has 1 heterocycles. The van der Waals surface area contributed by atoms with Crippen molar-refractivity contribution in [2.45, 2.75) is 24.9 Å². The third-order valence-corrected chi connectivity index (χ3v) is 3.21. The third kappa shape index (κ3) is 2.47. The minimum atomic E-state index is -0.979. The second-order valence-corrected chi connectivity index (χ2v) is 4.92. The molecule has 1 atom stereocenters. The molecule has 1 aliphatic rings. The van der Waals surface area contributed by atoms with Crippen molar-refractivity contribution < 1.29 is 15.0 Å². The summed E-state index contributed by atoms with van der Waals surface area (Å²) in [5, 5.41) is 24.1. The van der Waals surface area contributed by atoms with E-state index in [9.17, 15) is 4.79 Å². The number of hydrogen-bond acceptors (Lipinski definition) is 4. The van der Waals surface area contributed by atoms with Crippen molar-refractivity contribution in [1.82, 2.24) is 5.32 Å². The zero-order valence-electron chi connectivity index (χ0n) is 10.3. The van der Waals surface area contributed by atoms with E-state index in [1.54, 1.807) is 6.92 Å². The standard InChI is InChI=1S/C13H18N2O3/c1-13(7-16,8-17)15-12(18)11-6-9-4-2-3-5-10(9)14-11/h2-5,11,14,16-17H,6-8H2,1H3,(H,15,18)/t11-/m0/s1. The zero-order valence-corrected chi connectivity index (χ0v) is 10.3. The maximum Gasteiger partial charge on any atom is 0.243 e. The number of rotatable bonds is 4. The summed E-state index contributed by atoms with van der Waals surface area (Å²) in [4.78, 5) is 12.1. The van der Waals surface area contributed by atoms with E-state index in [4.69, 9.17) is 10.2 Å². The molecule has 4 N–H and O–H groups in total. The number of anilines is 1. The summed E-state index contributed by atoms with van der Waals surface area (Å²) in [5.41, 5.74) is 1.09. The first-order chi connectivity index (χ1) is 8.58. The molecule has 2 rings (SSSR count). The van der Waals surface area contributed by atoms with E-state index in [2.05, 4.69) is 10.6 Å². The van der Waals surface area contributed by atoms with Crippen molar-refractivity contribution in [3.63, 3.8) is 0 Å². The fraction of sp³-hybridized carbons (Fsp3) is 0.462. The highest BCUT2D eigenvalue weighted by Gasteiger charge is 2.31. The normalized spacial score (nSPS) is 18.1. The van der Waals surface area contributed by atoms with Crippen LogP contribution in [0.15, 0.2) is 24.3 Å². The average Bonchev–Trinajstić information content (AvgIpc) is 2.82. The smallest absolute Gasteiger partial charge is 0.243 e. The molecular weight excluding hydrogens is 232 g/mol. The number of carbonyl (C=O) groups is 1. The monoisotopic (exact) mass is 250 g/mol. The van der Waals surface area contributed by atoms with Gasteiger partial charge in [0.2, 0.25) is 5.91 Å². The van der Waals surface area contributed by atoms with E-state index in [0.717, 1.165) is 11.3 Å². The fourth-order valence-corrected chi connectivity index (χ4v) is 1.97. The van der Waals surface area contributed by atoms with Crippen LogP contribution in [0.5, 0.6) is 0 Å². The average molecular weight is 250 g/mol. The number of hydrogen-bond donors (Lipinski definition) is 4. The Morgan fingerprint density at radius 1 is 1.44 bits per heavy atom. The summed E-state index contributed by atoms with van der Waals surface area (Å²) in [6, 6.07) is 7.41. The van der Waals surface area contributed by atoms with Gasteiger partial charge in [0.05, 0.1) is 18.8 Å². The molecule has 0 saturated carbocycles. The second kappa shape index (κ2) is 4.96. The number of para-hydroxylation sites is 1. The van der Waals surface area contributed by atoms with Crippen molar-refractivity contribution in [2.24, 2.45) is 0 Å². The second-order valence-electron chi connectivity index (χ2n) is 4.92. The molecule has 0 spiro atoms. The summed E-state index contributed by atoms with van der Waals surface area (Å²) in [7, 11) is 0. The molecule has 98 valence electrons. The van der Waals surface area contributed by atoms with Gasteiger partial charge in [-0.2, -0.15) is 0 Å². The van der Waals surface area contributed by atoms with Gasteiger partial charge in [0.25, 0.3) is 0 Å². The highest BCUT2D eigenvalue weighted by molar-refractivity contribution is 5.87. The van der Waals surface area contributed by atoms with Crippen molar-refractivity contribution >= 4 is 11.6 Å². The van der Waals surface area contributed by atoms with Gasteiger partial charge in [-0.3, -0.25) is 4.79 Å². The van der Waals surface area contributed by atoms with Crippen molar-refractivity contribution in [1.29, 1.82) is 0 Å². The Morgan fingerprint density at radius 2 is 2.11 bits per heavy atom. The first kappa shape index (κ1) is 12.9. The Bertz CT molecular complexity index is 419. The van der Waals surface area contributed by atoms with E-state index < -0.39 is 5.54 Å².